The molecular formula is C12H25NO3S. The molecule has 0 aliphatic rings. The van der Waals surface area contributed by atoms with Gasteiger partial charge in [-0.15, -0.1) is 4.72 Å². The largest absolute Gasteiger partial charge is 0.598 e. The van der Waals surface area contributed by atoms with Crippen LogP contribution in [0, 0.1) is 11.8 Å². The summed E-state index contributed by atoms with van der Waals surface area (Å²) in [5, 5.41) is 0. The molecule has 0 saturated carbocycles. The Balaban J connectivity index is 4.65. The van der Waals surface area contributed by atoms with Crippen molar-refractivity contribution in [3.05, 3.63) is 0 Å². The fourth-order valence-corrected chi connectivity index (χ4v) is 2.45. The fraction of sp³-hybridized carbons (Fsp3) is 0.917. The number of hydrogen-bond acceptors (Lipinski definition) is 4. The van der Waals surface area contributed by atoms with Crippen LogP contribution >= 0.6 is 0 Å². The van der Waals surface area contributed by atoms with Gasteiger partial charge >= 0.3 is 5.97 Å². The molecule has 1 N–H and O–H groups in total. The van der Waals surface area contributed by atoms with Crippen molar-refractivity contribution < 1.29 is 14.1 Å². The average molecular weight is 263 g/mol. The third kappa shape index (κ3) is 5.27. The number of nitrogens with one attached hydrogen (secondary N) is 1. The first-order valence-corrected chi connectivity index (χ1v) is 7.02. The molecular weight excluding hydrogens is 238 g/mol. The maximum atomic E-state index is 12.0. The molecule has 0 aromatic carbocycles. The summed E-state index contributed by atoms with van der Waals surface area (Å²) in [7, 11) is 1.38. The zero-order valence-electron chi connectivity index (χ0n) is 11.9. The Labute approximate surface area is 108 Å². The molecule has 4 nitrogen and oxygen atoms in total. The molecule has 0 aliphatic carbocycles. The van der Waals surface area contributed by atoms with E-state index in [9.17, 15) is 9.35 Å². The Morgan fingerprint density at radius 2 is 1.76 bits per heavy atom. The molecule has 0 spiro atoms. The van der Waals surface area contributed by atoms with Gasteiger partial charge in [0.25, 0.3) is 0 Å². The second-order valence-electron chi connectivity index (χ2n) is 5.58. The minimum absolute atomic E-state index is 0.141. The van der Waals surface area contributed by atoms with Crippen LogP contribution in [0.1, 0.15) is 41.5 Å². The molecule has 0 heterocycles. The van der Waals surface area contributed by atoms with Crippen LogP contribution in [0.4, 0.5) is 0 Å². The smallest absolute Gasteiger partial charge is 0.310 e. The highest BCUT2D eigenvalue weighted by molar-refractivity contribution is 7.90. The van der Waals surface area contributed by atoms with Crippen LogP contribution in [-0.2, 0) is 20.9 Å². The van der Waals surface area contributed by atoms with E-state index in [2.05, 4.69) is 4.72 Å². The average Bonchev–Trinajstić information content (AvgIpc) is 2.15. The quantitative estimate of drug-likeness (QED) is 0.607. The molecule has 0 radical (unpaired) electrons. The Bertz CT molecular complexity index is 251. The van der Waals surface area contributed by atoms with Crippen molar-refractivity contribution >= 4 is 17.3 Å². The summed E-state index contributed by atoms with van der Waals surface area (Å²) in [6.07, 6.45) is 0. The number of carbonyl (C=O) groups excluding carboxylic acids is 1. The van der Waals surface area contributed by atoms with E-state index < -0.39 is 11.4 Å². The summed E-state index contributed by atoms with van der Waals surface area (Å²) in [5.74, 6) is -0.404. The third-order valence-electron chi connectivity index (χ3n) is 2.58. The summed E-state index contributed by atoms with van der Waals surface area (Å²) in [5.41, 5.74) is 0. The standard InChI is InChI=1S/C12H25NO3S/c1-8(2)10(11(14)16-7)9(3)13-17(15)12(4,5)6/h8-10,13H,1-7H3. The van der Waals surface area contributed by atoms with Crippen LogP contribution < -0.4 is 4.72 Å². The van der Waals surface area contributed by atoms with Crippen LogP contribution in [0.5, 0.6) is 0 Å². The SMILES string of the molecule is COC(=O)C(C(C)C)C(C)N[S+]([O-])C(C)(C)C. The van der Waals surface area contributed by atoms with E-state index in [1.54, 1.807) is 0 Å². The maximum absolute atomic E-state index is 12.0. The summed E-state index contributed by atoms with van der Waals surface area (Å²) in [4.78, 5) is 11.7. The number of ether oxygens (including phenoxy) is 1. The van der Waals surface area contributed by atoms with E-state index in [1.807, 2.05) is 41.5 Å². The molecule has 0 saturated heterocycles. The van der Waals surface area contributed by atoms with Gasteiger partial charge in [0.05, 0.1) is 19.1 Å². The zero-order valence-corrected chi connectivity index (χ0v) is 12.7. The van der Waals surface area contributed by atoms with Crippen LogP contribution in [-0.4, -0.2) is 28.4 Å². The van der Waals surface area contributed by atoms with Crippen molar-refractivity contribution in [2.45, 2.75) is 52.3 Å². The Hall–Kier alpha value is -0.260. The number of rotatable bonds is 5. The molecule has 0 amide bonds. The lowest BCUT2D eigenvalue weighted by molar-refractivity contribution is -0.147. The van der Waals surface area contributed by atoms with Gasteiger partial charge in [-0.25, -0.2) is 0 Å². The van der Waals surface area contributed by atoms with E-state index in [1.165, 1.54) is 7.11 Å². The Morgan fingerprint density at radius 1 is 1.29 bits per heavy atom. The highest BCUT2D eigenvalue weighted by Gasteiger charge is 2.35. The molecule has 3 unspecified atom stereocenters. The van der Waals surface area contributed by atoms with Gasteiger partial charge in [0, 0.05) is 11.4 Å². The molecule has 102 valence electrons. The van der Waals surface area contributed by atoms with Crippen molar-refractivity contribution in [1.82, 2.24) is 4.72 Å². The number of hydrogen-bond donors (Lipinski definition) is 1. The number of methoxy groups -OCH3 is 1. The van der Waals surface area contributed by atoms with Gasteiger partial charge in [-0.05, 0) is 33.6 Å². The lowest BCUT2D eigenvalue weighted by Gasteiger charge is -2.30. The maximum Gasteiger partial charge on any atom is 0.310 e. The van der Waals surface area contributed by atoms with Gasteiger partial charge in [0.1, 0.15) is 4.75 Å². The summed E-state index contributed by atoms with van der Waals surface area (Å²) < 4.78 is 19.4. The van der Waals surface area contributed by atoms with Crippen molar-refractivity contribution in [3.63, 3.8) is 0 Å². The van der Waals surface area contributed by atoms with E-state index in [0.29, 0.717) is 0 Å². The van der Waals surface area contributed by atoms with Crippen molar-refractivity contribution in [2.75, 3.05) is 7.11 Å². The predicted octanol–water partition coefficient (Wildman–Crippen LogP) is 1.87. The highest BCUT2D eigenvalue weighted by Crippen LogP contribution is 2.20. The molecule has 5 heteroatoms. The van der Waals surface area contributed by atoms with E-state index in [-0.39, 0.29) is 28.6 Å². The Morgan fingerprint density at radius 3 is 2.06 bits per heavy atom. The van der Waals surface area contributed by atoms with Gasteiger partial charge in [-0.2, -0.15) is 0 Å². The van der Waals surface area contributed by atoms with Gasteiger partial charge < -0.3 is 9.29 Å². The topological polar surface area (TPSA) is 61.4 Å². The van der Waals surface area contributed by atoms with E-state index in [0.717, 1.165) is 0 Å². The lowest BCUT2D eigenvalue weighted by Crippen LogP contribution is -2.49. The minimum atomic E-state index is -1.18. The summed E-state index contributed by atoms with van der Waals surface area (Å²) >= 11 is -1.18. The van der Waals surface area contributed by atoms with Crippen molar-refractivity contribution in [3.8, 4) is 0 Å². The minimum Gasteiger partial charge on any atom is -0.598 e. The van der Waals surface area contributed by atoms with E-state index >= 15 is 0 Å². The van der Waals surface area contributed by atoms with Gasteiger partial charge in [-0.3, -0.25) is 4.79 Å². The van der Waals surface area contributed by atoms with Crippen molar-refractivity contribution in [1.29, 1.82) is 0 Å². The van der Waals surface area contributed by atoms with Crippen LogP contribution in [0.2, 0.25) is 0 Å². The van der Waals surface area contributed by atoms with Gasteiger partial charge in [-0.1, -0.05) is 13.8 Å². The second-order valence-corrected chi connectivity index (χ2v) is 7.58. The fourth-order valence-electron chi connectivity index (χ4n) is 1.61. The molecule has 17 heavy (non-hydrogen) atoms. The van der Waals surface area contributed by atoms with E-state index in [4.69, 9.17) is 4.74 Å². The first-order chi connectivity index (χ1) is 7.61. The van der Waals surface area contributed by atoms with Crippen LogP contribution in [0.25, 0.3) is 0 Å². The summed E-state index contributed by atoms with van der Waals surface area (Å²) in [6.45, 7) is 11.5. The lowest BCUT2D eigenvalue weighted by atomic mass is 9.90. The predicted molar refractivity (Wildman–Crippen MR) is 70.8 cm³/mol. The third-order valence-corrected chi connectivity index (χ3v) is 4.28. The van der Waals surface area contributed by atoms with Crippen LogP contribution in [0.3, 0.4) is 0 Å². The summed E-state index contributed by atoms with van der Waals surface area (Å²) in [6, 6.07) is -0.178. The molecule has 0 aromatic rings. The monoisotopic (exact) mass is 263 g/mol. The zero-order chi connectivity index (χ0) is 13.8. The molecule has 0 aromatic heterocycles. The molecule has 3 atom stereocenters. The number of esters is 1. The van der Waals surface area contributed by atoms with Gasteiger partial charge in [0.2, 0.25) is 0 Å². The van der Waals surface area contributed by atoms with Crippen molar-refractivity contribution in [2.24, 2.45) is 11.8 Å². The molecule has 0 fully saturated rings. The van der Waals surface area contributed by atoms with Gasteiger partial charge in [0.15, 0.2) is 0 Å². The molecule has 0 bridgehead atoms. The first-order valence-electron chi connectivity index (χ1n) is 5.87. The molecule has 0 rings (SSSR count). The molecule has 0 aliphatic heterocycles. The second kappa shape index (κ2) is 6.61. The first kappa shape index (κ1) is 16.7. The van der Waals surface area contributed by atoms with Crippen LogP contribution in [0.15, 0.2) is 0 Å². The normalized spacial score (nSPS) is 17.7. The highest BCUT2D eigenvalue weighted by atomic mass is 32.2. The number of carbonyl (C=O) groups is 1. The Kier molecular flexibility index (Phi) is 6.51.